The molecule has 2 aromatic rings. The van der Waals surface area contributed by atoms with Crippen LogP contribution in [0.1, 0.15) is 31.0 Å². The van der Waals surface area contributed by atoms with Crippen LogP contribution in [0.3, 0.4) is 0 Å². The summed E-state index contributed by atoms with van der Waals surface area (Å²) in [6.07, 6.45) is 1.81. The lowest BCUT2D eigenvalue weighted by molar-refractivity contribution is 0.407. The number of aromatic amines is 1. The van der Waals surface area contributed by atoms with E-state index in [0.717, 1.165) is 22.6 Å². The normalized spacial score (nSPS) is 10.9. The second kappa shape index (κ2) is 5.23. The van der Waals surface area contributed by atoms with E-state index in [2.05, 4.69) is 30.1 Å². The molecule has 1 heterocycles. The average molecular weight is 245 g/mol. The van der Waals surface area contributed by atoms with E-state index < -0.39 is 0 Å². The fourth-order valence-corrected chi connectivity index (χ4v) is 2.07. The summed E-state index contributed by atoms with van der Waals surface area (Å²) < 4.78 is 5.39. The molecule has 1 aromatic heterocycles. The Labute approximate surface area is 107 Å². The third-order valence-electron chi connectivity index (χ3n) is 3.09. The molecular formula is C14H19N3O. The Morgan fingerprint density at radius 1 is 1.39 bits per heavy atom. The maximum Gasteiger partial charge on any atom is 0.122 e. The van der Waals surface area contributed by atoms with Crippen LogP contribution in [0.15, 0.2) is 24.4 Å². The molecule has 18 heavy (non-hydrogen) atoms. The number of methoxy groups -OCH3 is 1. The van der Waals surface area contributed by atoms with Gasteiger partial charge in [-0.25, -0.2) is 0 Å². The second-order valence-electron chi connectivity index (χ2n) is 4.58. The molecule has 0 aliphatic rings. The standard InChI is InChI=1S/C14H19N3O/c1-9(2)11-6-10(4-5-14(11)18-3)12-8-16-17-13(12)7-15/h4-6,8-9H,7,15H2,1-3H3,(H,16,17). The van der Waals surface area contributed by atoms with Crippen molar-refractivity contribution in [2.24, 2.45) is 5.73 Å². The molecule has 0 atom stereocenters. The van der Waals surface area contributed by atoms with Gasteiger partial charge in [0.15, 0.2) is 0 Å². The molecule has 0 unspecified atom stereocenters. The summed E-state index contributed by atoms with van der Waals surface area (Å²) in [6.45, 7) is 4.76. The zero-order valence-corrected chi connectivity index (χ0v) is 11.0. The van der Waals surface area contributed by atoms with Gasteiger partial charge < -0.3 is 10.5 Å². The molecule has 4 nitrogen and oxygen atoms in total. The van der Waals surface area contributed by atoms with Gasteiger partial charge in [-0.15, -0.1) is 0 Å². The maximum absolute atomic E-state index is 5.69. The lowest BCUT2D eigenvalue weighted by atomic mass is 9.96. The molecule has 96 valence electrons. The quantitative estimate of drug-likeness (QED) is 0.870. The van der Waals surface area contributed by atoms with E-state index in [1.807, 2.05) is 18.3 Å². The monoisotopic (exact) mass is 245 g/mol. The Morgan fingerprint density at radius 3 is 2.78 bits per heavy atom. The predicted octanol–water partition coefficient (Wildman–Crippen LogP) is 2.67. The van der Waals surface area contributed by atoms with E-state index in [1.54, 1.807) is 7.11 Å². The minimum Gasteiger partial charge on any atom is -0.496 e. The fraction of sp³-hybridized carbons (Fsp3) is 0.357. The molecule has 0 bridgehead atoms. The zero-order chi connectivity index (χ0) is 13.1. The Morgan fingerprint density at radius 2 is 2.17 bits per heavy atom. The number of rotatable bonds is 4. The van der Waals surface area contributed by atoms with Crippen LogP contribution in [0, 0.1) is 0 Å². The summed E-state index contributed by atoms with van der Waals surface area (Å²) in [4.78, 5) is 0. The molecular weight excluding hydrogens is 226 g/mol. The summed E-state index contributed by atoms with van der Waals surface area (Å²) in [5.41, 5.74) is 10.0. The molecule has 4 heteroatoms. The predicted molar refractivity (Wildman–Crippen MR) is 72.6 cm³/mol. The summed E-state index contributed by atoms with van der Waals surface area (Å²) >= 11 is 0. The van der Waals surface area contributed by atoms with Gasteiger partial charge in [-0.05, 0) is 29.2 Å². The minimum atomic E-state index is 0.410. The topological polar surface area (TPSA) is 63.9 Å². The van der Waals surface area contributed by atoms with E-state index in [0.29, 0.717) is 12.5 Å². The molecule has 0 saturated carbocycles. The van der Waals surface area contributed by atoms with Crippen LogP contribution in [0.2, 0.25) is 0 Å². The second-order valence-corrected chi connectivity index (χ2v) is 4.58. The largest absolute Gasteiger partial charge is 0.496 e. The van der Waals surface area contributed by atoms with Crippen LogP contribution >= 0.6 is 0 Å². The first-order chi connectivity index (χ1) is 8.67. The van der Waals surface area contributed by atoms with Crippen molar-refractivity contribution in [3.8, 4) is 16.9 Å². The minimum absolute atomic E-state index is 0.410. The van der Waals surface area contributed by atoms with Crippen LogP contribution in [-0.2, 0) is 6.54 Å². The number of H-pyrrole nitrogens is 1. The molecule has 0 saturated heterocycles. The van der Waals surface area contributed by atoms with Crippen molar-refractivity contribution >= 4 is 0 Å². The Kier molecular flexibility index (Phi) is 3.67. The highest BCUT2D eigenvalue weighted by Crippen LogP contribution is 2.32. The zero-order valence-electron chi connectivity index (χ0n) is 11.0. The number of nitrogens with one attached hydrogen (secondary N) is 1. The molecule has 0 aliphatic heterocycles. The highest BCUT2D eigenvalue weighted by atomic mass is 16.5. The van der Waals surface area contributed by atoms with Gasteiger partial charge >= 0.3 is 0 Å². The van der Waals surface area contributed by atoms with Crippen LogP contribution in [0.4, 0.5) is 0 Å². The van der Waals surface area contributed by atoms with Crippen molar-refractivity contribution in [3.63, 3.8) is 0 Å². The Hall–Kier alpha value is -1.81. The molecule has 0 radical (unpaired) electrons. The van der Waals surface area contributed by atoms with E-state index >= 15 is 0 Å². The van der Waals surface area contributed by atoms with Gasteiger partial charge in [0.25, 0.3) is 0 Å². The van der Waals surface area contributed by atoms with Gasteiger partial charge in [0.1, 0.15) is 5.75 Å². The number of ether oxygens (including phenoxy) is 1. The number of nitrogens with zero attached hydrogens (tertiary/aromatic N) is 1. The van der Waals surface area contributed by atoms with Crippen molar-refractivity contribution in [1.82, 2.24) is 10.2 Å². The van der Waals surface area contributed by atoms with Crippen LogP contribution in [-0.4, -0.2) is 17.3 Å². The molecule has 0 amide bonds. The first kappa shape index (κ1) is 12.6. The first-order valence-electron chi connectivity index (χ1n) is 6.08. The summed E-state index contributed by atoms with van der Waals surface area (Å²) in [6, 6.07) is 6.18. The molecule has 0 aliphatic carbocycles. The number of benzene rings is 1. The lowest BCUT2D eigenvalue weighted by Gasteiger charge is -2.13. The average Bonchev–Trinajstić information content (AvgIpc) is 2.86. The summed E-state index contributed by atoms with van der Waals surface area (Å²) in [7, 11) is 1.70. The van der Waals surface area contributed by atoms with Gasteiger partial charge in [-0.3, -0.25) is 5.10 Å². The van der Waals surface area contributed by atoms with E-state index in [4.69, 9.17) is 10.5 Å². The van der Waals surface area contributed by atoms with Gasteiger partial charge in [0, 0.05) is 12.1 Å². The number of aromatic nitrogens is 2. The highest BCUT2D eigenvalue weighted by molar-refractivity contribution is 5.67. The third-order valence-corrected chi connectivity index (χ3v) is 3.09. The highest BCUT2D eigenvalue weighted by Gasteiger charge is 2.12. The van der Waals surface area contributed by atoms with Crippen molar-refractivity contribution in [2.45, 2.75) is 26.3 Å². The Balaban J connectivity index is 2.50. The van der Waals surface area contributed by atoms with Crippen molar-refractivity contribution in [2.75, 3.05) is 7.11 Å². The number of nitrogens with two attached hydrogens (primary N) is 1. The van der Waals surface area contributed by atoms with Gasteiger partial charge in [-0.1, -0.05) is 19.9 Å². The van der Waals surface area contributed by atoms with Crippen LogP contribution in [0.25, 0.3) is 11.1 Å². The van der Waals surface area contributed by atoms with Gasteiger partial charge in [0.2, 0.25) is 0 Å². The maximum atomic E-state index is 5.69. The molecule has 0 spiro atoms. The van der Waals surface area contributed by atoms with Crippen molar-refractivity contribution in [1.29, 1.82) is 0 Å². The Bertz CT molecular complexity index is 532. The molecule has 0 fully saturated rings. The summed E-state index contributed by atoms with van der Waals surface area (Å²) in [5.74, 6) is 1.33. The first-order valence-corrected chi connectivity index (χ1v) is 6.08. The van der Waals surface area contributed by atoms with Gasteiger partial charge in [-0.2, -0.15) is 5.10 Å². The van der Waals surface area contributed by atoms with Crippen molar-refractivity contribution in [3.05, 3.63) is 35.7 Å². The molecule has 3 N–H and O–H groups in total. The smallest absolute Gasteiger partial charge is 0.122 e. The SMILES string of the molecule is COc1ccc(-c2cn[nH]c2CN)cc1C(C)C. The van der Waals surface area contributed by atoms with E-state index in [1.165, 1.54) is 5.56 Å². The summed E-state index contributed by atoms with van der Waals surface area (Å²) in [5, 5.41) is 6.98. The lowest BCUT2D eigenvalue weighted by Crippen LogP contribution is -1.99. The van der Waals surface area contributed by atoms with Crippen molar-refractivity contribution < 1.29 is 4.74 Å². The van der Waals surface area contributed by atoms with E-state index in [9.17, 15) is 0 Å². The van der Waals surface area contributed by atoms with Crippen LogP contribution < -0.4 is 10.5 Å². The third kappa shape index (κ3) is 2.24. The fourth-order valence-electron chi connectivity index (χ4n) is 2.07. The number of hydrogen-bond acceptors (Lipinski definition) is 3. The van der Waals surface area contributed by atoms with Gasteiger partial charge in [0.05, 0.1) is 19.0 Å². The van der Waals surface area contributed by atoms with E-state index in [-0.39, 0.29) is 0 Å². The van der Waals surface area contributed by atoms with Crippen LogP contribution in [0.5, 0.6) is 5.75 Å². The molecule has 2 rings (SSSR count). The molecule has 1 aromatic carbocycles. The number of hydrogen-bond donors (Lipinski definition) is 2.